The number of aryl methyl sites for hydroxylation is 2. The van der Waals surface area contributed by atoms with Crippen LogP contribution in [0.3, 0.4) is 0 Å². The van der Waals surface area contributed by atoms with Crippen LogP contribution in [0.1, 0.15) is 90.6 Å². The molecule has 18 nitrogen and oxygen atoms in total. The first-order valence-electron chi connectivity index (χ1n) is 23.5. The number of amides is 1. The van der Waals surface area contributed by atoms with Gasteiger partial charge in [0.2, 0.25) is 0 Å². The molecule has 9 rings (SSSR count). The number of nitrogens with zero attached hydrogens (tertiary/aromatic N) is 2. The molecule has 4 aromatic rings. The van der Waals surface area contributed by atoms with Crippen molar-refractivity contribution in [3.63, 3.8) is 0 Å². The fraction of sp³-hybridized carbons (Fsp3) is 0.471. The molecule has 0 bridgehead atoms. The average Bonchev–Trinajstić information content (AvgIpc) is 4.02. The molecule has 69 heavy (non-hydrogen) atoms. The number of carbonyl (C=O) groups is 2. The minimum absolute atomic E-state index is 0.000827. The van der Waals surface area contributed by atoms with E-state index < -0.39 is 89.1 Å². The number of carboxylic acid groups (broad SMARTS) is 1. The lowest BCUT2D eigenvalue weighted by Gasteiger charge is -2.58. The van der Waals surface area contributed by atoms with Gasteiger partial charge >= 0.3 is 11.9 Å². The summed E-state index contributed by atoms with van der Waals surface area (Å²) in [7, 11) is 0. The minimum atomic E-state index is -3.21. The third-order valence-corrected chi connectivity index (χ3v) is 15.6. The molecule has 1 saturated carbocycles. The van der Waals surface area contributed by atoms with Gasteiger partial charge in [0.25, 0.3) is 5.91 Å². The summed E-state index contributed by atoms with van der Waals surface area (Å²) in [5.41, 5.74) is 1.24. The summed E-state index contributed by atoms with van der Waals surface area (Å²) in [6.45, 7) is 0.450. The summed E-state index contributed by atoms with van der Waals surface area (Å²) in [6, 6.07) is 12.3. The number of aromatic hydroxyl groups is 3. The molecule has 5 aliphatic rings. The van der Waals surface area contributed by atoms with Gasteiger partial charge in [-0.15, -0.1) is 0 Å². The lowest BCUT2D eigenvalue weighted by molar-refractivity contribution is -0.422. The van der Waals surface area contributed by atoms with E-state index in [0.717, 1.165) is 34.3 Å². The van der Waals surface area contributed by atoms with Gasteiger partial charge in [0, 0.05) is 65.8 Å². The van der Waals surface area contributed by atoms with Gasteiger partial charge in [-0.25, -0.2) is 9.78 Å². The van der Waals surface area contributed by atoms with Gasteiger partial charge in [-0.1, -0.05) is 37.1 Å². The van der Waals surface area contributed by atoms with Crippen LogP contribution < -0.4 is 9.64 Å². The largest absolute Gasteiger partial charge is 0.508 e. The maximum Gasteiger partial charge on any atom is 0.355 e. The molecule has 0 radical (unpaired) electrons. The van der Waals surface area contributed by atoms with Crippen LogP contribution in [0.15, 0.2) is 72.6 Å². The van der Waals surface area contributed by atoms with Crippen molar-refractivity contribution in [2.24, 2.45) is 17.8 Å². The maximum absolute atomic E-state index is 15.3. The molecule has 368 valence electrons. The van der Waals surface area contributed by atoms with Crippen molar-refractivity contribution in [2.45, 2.75) is 112 Å². The van der Waals surface area contributed by atoms with Gasteiger partial charge in [-0.3, -0.25) is 9.69 Å². The molecule has 3 heterocycles. The lowest BCUT2D eigenvalue weighted by Crippen LogP contribution is -2.67. The number of aliphatic hydroxyl groups excluding tert-OH is 6. The van der Waals surface area contributed by atoms with E-state index in [2.05, 4.69) is 9.97 Å². The standard InChI is InChI=1S/C51H59N3O15/c1-2-33-34(53-25-52-33)19-29-18-26(11-15-36(29)58)12-16-41(61)54-35-21-39(68-51(67)47(64)46(63)45(62)40(24-57)69-51)38(60)20-32(35)44-43(28(7-5-17-55)22-49(44,54)48(65)66)50-30(8-4-9-31(50)23-56)14-13-27-6-3-10-37(59)42(27)50/h3,6,10-12,15-16,18,20-22,25,30-31,40,43-47,55-60,62-64,67H,2,4-5,7-9,13-14,17,19,23-24H2,1H3,(H,52,53)(H,65,66). The molecular formula is C51H59N3O15. The molecule has 2 fully saturated rings. The second-order valence-corrected chi connectivity index (χ2v) is 19.1. The Morgan fingerprint density at radius 3 is 2.48 bits per heavy atom. The number of aromatic amines is 1. The molecule has 1 amide bonds. The number of hydrogen-bond donors (Lipinski definition) is 12. The highest BCUT2D eigenvalue weighted by molar-refractivity contribution is 6.13. The van der Waals surface area contributed by atoms with Crippen LogP contribution in [-0.2, 0) is 39.0 Å². The van der Waals surface area contributed by atoms with E-state index in [4.69, 9.17) is 9.47 Å². The number of H-pyrrole nitrogens is 1. The van der Waals surface area contributed by atoms with E-state index in [1.807, 2.05) is 13.0 Å². The van der Waals surface area contributed by atoms with Gasteiger partial charge in [-0.05, 0) is 110 Å². The number of allylic oxidation sites excluding steroid dienone is 1. The number of nitrogens with one attached hydrogen (secondary N) is 1. The zero-order valence-corrected chi connectivity index (χ0v) is 38.0. The molecule has 2 aliphatic heterocycles. The van der Waals surface area contributed by atoms with Gasteiger partial charge in [0.05, 0.1) is 24.3 Å². The minimum Gasteiger partial charge on any atom is -0.508 e. The molecule has 1 saturated heterocycles. The molecule has 11 unspecified atom stereocenters. The Hall–Kier alpha value is -5.83. The number of benzene rings is 3. The van der Waals surface area contributed by atoms with Crippen molar-refractivity contribution in [1.82, 2.24) is 9.97 Å². The average molecular weight is 954 g/mol. The van der Waals surface area contributed by atoms with E-state index >= 15 is 4.79 Å². The van der Waals surface area contributed by atoms with E-state index in [-0.39, 0.29) is 54.7 Å². The molecule has 3 aliphatic carbocycles. The van der Waals surface area contributed by atoms with Gasteiger partial charge in [-0.2, -0.15) is 0 Å². The molecular weight excluding hydrogens is 895 g/mol. The van der Waals surface area contributed by atoms with Crippen LogP contribution in [0.5, 0.6) is 23.0 Å². The van der Waals surface area contributed by atoms with Crippen molar-refractivity contribution < 1.29 is 75.2 Å². The predicted octanol–water partition coefficient (Wildman–Crippen LogP) is 2.77. The smallest absolute Gasteiger partial charge is 0.355 e. The number of rotatable bonds is 14. The van der Waals surface area contributed by atoms with Gasteiger partial charge in [0.1, 0.15) is 29.8 Å². The molecule has 3 aromatic carbocycles. The molecule has 12 N–H and O–H groups in total. The van der Waals surface area contributed by atoms with Crippen molar-refractivity contribution in [3.8, 4) is 23.0 Å². The molecule has 0 spiro atoms. The van der Waals surface area contributed by atoms with Crippen molar-refractivity contribution in [2.75, 3.05) is 24.7 Å². The Morgan fingerprint density at radius 1 is 0.957 bits per heavy atom. The van der Waals surface area contributed by atoms with Crippen LogP contribution in [0.2, 0.25) is 0 Å². The fourth-order valence-corrected chi connectivity index (χ4v) is 12.7. The normalized spacial score (nSPS) is 31.5. The van der Waals surface area contributed by atoms with Crippen LogP contribution in [0.4, 0.5) is 5.69 Å². The summed E-state index contributed by atoms with van der Waals surface area (Å²) in [4.78, 5) is 38.4. The van der Waals surface area contributed by atoms with Gasteiger partial charge < -0.3 is 70.6 Å². The highest BCUT2D eigenvalue weighted by Crippen LogP contribution is 2.70. The Bertz CT molecular complexity index is 2680. The van der Waals surface area contributed by atoms with E-state index in [1.165, 1.54) is 30.4 Å². The fourth-order valence-electron chi connectivity index (χ4n) is 12.7. The number of aliphatic hydroxyl groups is 7. The third kappa shape index (κ3) is 7.59. The number of ether oxygens (including phenoxy) is 2. The topological polar surface area (TPSA) is 307 Å². The Labute approximate surface area is 397 Å². The first-order valence-corrected chi connectivity index (χ1v) is 23.5. The van der Waals surface area contributed by atoms with E-state index in [9.17, 15) is 61.0 Å². The summed E-state index contributed by atoms with van der Waals surface area (Å²) in [5, 5.41) is 122. The monoisotopic (exact) mass is 953 g/mol. The highest BCUT2D eigenvalue weighted by Gasteiger charge is 2.71. The van der Waals surface area contributed by atoms with Crippen LogP contribution in [-0.4, -0.2) is 134 Å². The SMILES string of the molecule is CCc1nc[nH]c1Cc1cc(C=CC(=O)N2c3cc(OC4(O)OC(CO)C(O)C(O)C4O)c(O)cc3C3C(C45c6c(O)cccc6CCC4CCCC5CO)C(CCCO)=CC32C(=O)O)ccc1O. The maximum atomic E-state index is 15.3. The number of carboxylic acids is 1. The number of hydrogen-bond acceptors (Lipinski definition) is 15. The summed E-state index contributed by atoms with van der Waals surface area (Å²) in [6.07, 6.45) is 2.27. The Balaban J connectivity index is 1.24. The second-order valence-electron chi connectivity index (χ2n) is 19.1. The number of fused-ring (bicyclic) bond motifs is 6. The summed E-state index contributed by atoms with van der Waals surface area (Å²) in [5.74, 6) is -9.71. The van der Waals surface area contributed by atoms with Gasteiger partial charge in [0.15, 0.2) is 23.1 Å². The lowest BCUT2D eigenvalue weighted by atomic mass is 9.45. The van der Waals surface area contributed by atoms with Crippen LogP contribution in [0.25, 0.3) is 6.08 Å². The second kappa shape index (κ2) is 18.5. The first-order chi connectivity index (χ1) is 33.1. The predicted molar refractivity (Wildman–Crippen MR) is 246 cm³/mol. The van der Waals surface area contributed by atoms with Crippen molar-refractivity contribution >= 4 is 23.6 Å². The highest BCUT2D eigenvalue weighted by atomic mass is 16.8. The third-order valence-electron chi connectivity index (χ3n) is 15.6. The summed E-state index contributed by atoms with van der Waals surface area (Å²) >= 11 is 0. The first kappa shape index (κ1) is 48.2. The number of anilines is 1. The number of aromatic nitrogens is 2. The van der Waals surface area contributed by atoms with Crippen molar-refractivity contribution in [1.29, 1.82) is 0 Å². The van der Waals surface area contributed by atoms with Crippen LogP contribution >= 0.6 is 0 Å². The number of phenols is 3. The molecule has 11 atom stereocenters. The van der Waals surface area contributed by atoms with Crippen molar-refractivity contribution in [3.05, 3.63) is 112 Å². The number of aliphatic carboxylic acids is 1. The number of carbonyl (C=O) groups excluding carboxylic acids is 1. The van der Waals surface area contributed by atoms with E-state index in [1.54, 1.807) is 30.6 Å². The zero-order chi connectivity index (χ0) is 49.2. The molecule has 18 heteroatoms. The van der Waals surface area contributed by atoms with E-state index in [0.29, 0.717) is 60.8 Å². The van der Waals surface area contributed by atoms with Crippen LogP contribution in [0, 0.1) is 17.8 Å². The number of phenolic OH excluding ortho intramolecular Hbond substituents is 3. The Morgan fingerprint density at radius 2 is 1.75 bits per heavy atom. The number of imidazole rings is 1. The molecule has 1 aromatic heterocycles. The quantitative estimate of drug-likeness (QED) is 0.0491. The summed E-state index contributed by atoms with van der Waals surface area (Å²) < 4.78 is 11.1. The zero-order valence-electron chi connectivity index (χ0n) is 38.0. The Kier molecular flexibility index (Phi) is 12.9.